The van der Waals surface area contributed by atoms with Crippen molar-refractivity contribution in [2.75, 3.05) is 7.05 Å². The topological polar surface area (TPSA) is 51.0 Å². The molecule has 0 atom stereocenters. The van der Waals surface area contributed by atoms with Crippen molar-refractivity contribution in [1.29, 1.82) is 0 Å². The second kappa shape index (κ2) is 4.27. The fourth-order valence-electron chi connectivity index (χ4n) is 1.81. The number of aromatic nitrogens is 2. The summed E-state index contributed by atoms with van der Waals surface area (Å²) in [4.78, 5) is 8.66. The number of thiophene rings is 1. The molecule has 3 rings (SSSR count). The van der Waals surface area contributed by atoms with Gasteiger partial charge in [-0.3, -0.25) is 0 Å². The first-order valence-electron chi connectivity index (χ1n) is 5.29. The summed E-state index contributed by atoms with van der Waals surface area (Å²) in [5.74, 6) is 0. The van der Waals surface area contributed by atoms with Crippen LogP contribution in [0.15, 0.2) is 33.7 Å². The average molecular weight is 245 g/mol. The van der Waals surface area contributed by atoms with Crippen molar-refractivity contribution in [3.63, 3.8) is 0 Å². The first kappa shape index (κ1) is 10.4. The average Bonchev–Trinajstić information content (AvgIpc) is 2.98. The molecule has 0 amide bonds. The van der Waals surface area contributed by atoms with E-state index >= 15 is 0 Å². The van der Waals surface area contributed by atoms with Crippen LogP contribution in [0.2, 0.25) is 0 Å². The van der Waals surface area contributed by atoms with E-state index in [9.17, 15) is 0 Å². The molecule has 0 radical (unpaired) electrons. The molecule has 86 valence electrons. The molecule has 0 saturated carbocycles. The Hall–Kier alpha value is -1.72. The van der Waals surface area contributed by atoms with Crippen LogP contribution in [-0.4, -0.2) is 17.0 Å². The Morgan fingerprint density at radius 3 is 3.18 bits per heavy atom. The van der Waals surface area contributed by atoms with Gasteiger partial charge in [-0.05, 0) is 30.1 Å². The van der Waals surface area contributed by atoms with Crippen LogP contribution in [0.1, 0.15) is 5.56 Å². The number of hydrogen-bond acceptors (Lipinski definition) is 5. The summed E-state index contributed by atoms with van der Waals surface area (Å²) in [6.45, 7) is 0.765. The molecule has 0 saturated heterocycles. The van der Waals surface area contributed by atoms with Gasteiger partial charge in [-0.2, -0.15) is 11.3 Å². The van der Waals surface area contributed by atoms with Gasteiger partial charge in [0.15, 0.2) is 6.39 Å². The van der Waals surface area contributed by atoms with Crippen molar-refractivity contribution >= 4 is 22.6 Å². The molecule has 0 aromatic carbocycles. The molecule has 5 heteroatoms. The number of pyridine rings is 1. The molecule has 1 N–H and O–H groups in total. The first-order chi connectivity index (χ1) is 8.38. The lowest BCUT2D eigenvalue weighted by atomic mass is 10.1. The zero-order chi connectivity index (χ0) is 11.7. The van der Waals surface area contributed by atoms with Gasteiger partial charge in [0.2, 0.25) is 5.71 Å². The van der Waals surface area contributed by atoms with Gasteiger partial charge in [-0.25, -0.2) is 9.97 Å². The van der Waals surface area contributed by atoms with Gasteiger partial charge in [0.1, 0.15) is 5.52 Å². The number of nitrogens with one attached hydrogen (secondary N) is 1. The summed E-state index contributed by atoms with van der Waals surface area (Å²) in [7, 11) is 1.92. The summed E-state index contributed by atoms with van der Waals surface area (Å²) in [6, 6.07) is 4.09. The minimum atomic E-state index is 0.589. The van der Waals surface area contributed by atoms with Crippen LogP contribution in [0.4, 0.5) is 0 Å². The highest BCUT2D eigenvalue weighted by atomic mass is 32.1. The van der Waals surface area contributed by atoms with Crippen LogP contribution >= 0.6 is 11.3 Å². The van der Waals surface area contributed by atoms with E-state index < -0.39 is 0 Å². The Kier molecular flexibility index (Phi) is 2.62. The summed E-state index contributed by atoms with van der Waals surface area (Å²) in [6.07, 6.45) is 1.43. The van der Waals surface area contributed by atoms with E-state index in [4.69, 9.17) is 4.42 Å². The van der Waals surface area contributed by atoms with Gasteiger partial charge in [-0.15, -0.1) is 0 Å². The lowest BCUT2D eigenvalue weighted by molar-refractivity contribution is 0.591. The van der Waals surface area contributed by atoms with E-state index in [1.165, 1.54) is 6.39 Å². The third kappa shape index (κ3) is 1.83. The van der Waals surface area contributed by atoms with Crippen LogP contribution in [0.3, 0.4) is 0 Å². The second-order valence-corrected chi connectivity index (χ2v) is 4.50. The zero-order valence-electron chi connectivity index (χ0n) is 9.30. The van der Waals surface area contributed by atoms with Gasteiger partial charge in [0, 0.05) is 17.5 Å². The highest BCUT2D eigenvalue weighted by Crippen LogP contribution is 2.26. The van der Waals surface area contributed by atoms with Gasteiger partial charge in [0.05, 0.1) is 5.69 Å². The standard InChI is InChI=1S/C12H11N3OS/c1-13-5-9-4-10-12(16-7-14-10)15-11(9)8-2-3-17-6-8/h2-4,6-7,13H,5H2,1H3. The van der Waals surface area contributed by atoms with Crippen LogP contribution in [-0.2, 0) is 6.54 Å². The monoisotopic (exact) mass is 245 g/mol. The van der Waals surface area contributed by atoms with Crippen molar-refractivity contribution in [2.24, 2.45) is 0 Å². The Morgan fingerprint density at radius 1 is 1.47 bits per heavy atom. The minimum Gasteiger partial charge on any atom is -0.425 e. The molecule has 3 aromatic rings. The third-order valence-corrected chi connectivity index (χ3v) is 3.25. The van der Waals surface area contributed by atoms with Crippen LogP contribution in [0.5, 0.6) is 0 Å². The molecule has 3 aromatic heterocycles. The normalized spacial score (nSPS) is 11.1. The molecule has 17 heavy (non-hydrogen) atoms. The van der Waals surface area contributed by atoms with Crippen molar-refractivity contribution in [2.45, 2.75) is 6.54 Å². The lowest BCUT2D eigenvalue weighted by Crippen LogP contribution is -2.07. The van der Waals surface area contributed by atoms with Crippen LogP contribution in [0, 0.1) is 0 Å². The summed E-state index contributed by atoms with van der Waals surface area (Å²) in [5, 5.41) is 7.28. The fraction of sp³-hybridized carbons (Fsp3) is 0.167. The molecule has 0 aliphatic rings. The predicted molar refractivity (Wildman–Crippen MR) is 67.9 cm³/mol. The molecule has 0 aliphatic heterocycles. The first-order valence-corrected chi connectivity index (χ1v) is 6.23. The number of nitrogens with zero attached hydrogens (tertiary/aromatic N) is 2. The van der Waals surface area contributed by atoms with E-state index in [1.54, 1.807) is 11.3 Å². The molecular formula is C12H11N3OS. The highest BCUT2D eigenvalue weighted by Gasteiger charge is 2.11. The molecule has 0 aliphatic carbocycles. The highest BCUT2D eigenvalue weighted by molar-refractivity contribution is 7.08. The Bertz CT molecular complexity index is 630. The SMILES string of the molecule is CNCc1cc2ncoc2nc1-c1ccsc1. The van der Waals surface area contributed by atoms with Gasteiger partial charge < -0.3 is 9.73 Å². The molecular weight excluding hydrogens is 234 g/mol. The van der Waals surface area contributed by atoms with E-state index in [1.807, 2.05) is 18.5 Å². The Morgan fingerprint density at radius 2 is 2.41 bits per heavy atom. The lowest BCUT2D eigenvalue weighted by Gasteiger charge is -2.06. The van der Waals surface area contributed by atoms with E-state index in [-0.39, 0.29) is 0 Å². The van der Waals surface area contributed by atoms with Crippen molar-refractivity contribution in [1.82, 2.24) is 15.3 Å². The molecule has 0 spiro atoms. The smallest absolute Gasteiger partial charge is 0.247 e. The van der Waals surface area contributed by atoms with Crippen molar-refractivity contribution in [3.8, 4) is 11.3 Å². The maximum atomic E-state index is 5.25. The Labute approximate surface area is 102 Å². The predicted octanol–water partition coefficient (Wildman–Crippen LogP) is 2.67. The quantitative estimate of drug-likeness (QED) is 0.770. The van der Waals surface area contributed by atoms with Gasteiger partial charge in [0.25, 0.3) is 0 Å². The molecule has 0 fully saturated rings. The maximum Gasteiger partial charge on any atom is 0.247 e. The summed E-state index contributed by atoms with van der Waals surface area (Å²) >= 11 is 1.66. The van der Waals surface area contributed by atoms with E-state index in [2.05, 4.69) is 26.7 Å². The number of fused-ring (bicyclic) bond motifs is 1. The molecule has 0 unspecified atom stereocenters. The Balaban J connectivity index is 2.22. The van der Waals surface area contributed by atoms with Crippen LogP contribution in [0.25, 0.3) is 22.5 Å². The van der Waals surface area contributed by atoms with E-state index in [0.717, 1.165) is 28.9 Å². The minimum absolute atomic E-state index is 0.589. The largest absolute Gasteiger partial charge is 0.425 e. The van der Waals surface area contributed by atoms with E-state index in [0.29, 0.717) is 5.71 Å². The summed E-state index contributed by atoms with van der Waals surface area (Å²) < 4.78 is 5.25. The number of oxazole rings is 1. The fourth-order valence-corrected chi connectivity index (χ4v) is 2.45. The van der Waals surface area contributed by atoms with Crippen molar-refractivity contribution in [3.05, 3.63) is 34.8 Å². The van der Waals surface area contributed by atoms with Crippen LogP contribution < -0.4 is 5.32 Å². The number of rotatable bonds is 3. The van der Waals surface area contributed by atoms with Gasteiger partial charge in [-0.1, -0.05) is 0 Å². The maximum absolute atomic E-state index is 5.25. The van der Waals surface area contributed by atoms with Crippen molar-refractivity contribution < 1.29 is 4.42 Å². The molecule has 0 bridgehead atoms. The zero-order valence-corrected chi connectivity index (χ0v) is 10.1. The molecule has 3 heterocycles. The van der Waals surface area contributed by atoms with Gasteiger partial charge >= 0.3 is 0 Å². The molecule has 4 nitrogen and oxygen atoms in total. The number of hydrogen-bond donors (Lipinski definition) is 1. The third-order valence-electron chi connectivity index (χ3n) is 2.57. The summed E-state index contributed by atoms with van der Waals surface area (Å²) in [5.41, 5.74) is 4.61. The second-order valence-electron chi connectivity index (χ2n) is 3.72.